The number of methoxy groups -OCH3 is 1. The number of H-pyrrole nitrogens is 1. The highest BCUT2D eigenvalue weighted by Gasteiger charge is 2.32. The fraction of sp³-hybridized carbons (Fsp3) is 0.364. The van der Waals surface area contributed by atoms with Crippen LogP contribution in [0.3, 0.4) is 0 Å². The Hall–Kier alpha value is -2.29. The number of esters is 1. The number of carbonyl (C=O) groups excluding carboxylic acids is 2. The maximum atomic E-state index is 11.7. The predicted octanol–water partition coefficient (Wildman–Crippen LogP) is 0.182. The van der Waals surface area contributed by atoms with E-state index in [1.807, 2.05) is 0 Å². The number of aromatic nitrogens is 2. The van der Waals surface area contributed by atoms with Crippen molar-refractivity contribution >= 4 is 17.6 Å². The topological polar surface area (TPSA) is 75.3 Å². The third-order valence-corrected chi connectivity index (χ3v) is 2.66. The number of anilines is 1. The van der Waals surface area contributed by atoms with Crippen LogP contribution in [0.4, 0.5) is 5.69 Å². The Balaban J connectivity index is 2.30. The van der Waals surface area contributed by atoms with E-state index in [0.29, 0.717) is 18.7 Å². The van der Waals surface area contributed by atoms with Crippen LogP contribution in [0.25, 0.3) is 0 Å². The van der Waals surface area contributed by atoms with Crippen molar-refractivity contribution in [2.24, 2.45) is 5.92 Å². The third-order valence-electron chi connectivity index (χ3n) is 2.66. The molecule has 1 aliphatic heterocycles. The molecule has 0 saturated carbocycles. The summed E-state index contributed by atoms with van der Waals surface area (Å²) in [5, 5.41) is 6.27. The summed E-state index contributed by atoms with van der Waals surface area (Å²) in [7, 11) is 1.27. The molecule has 2 heterocycles. The maximum Gasteiger partial charge on any atom is 0.358 e. The molecular weight excluding hydrogens is 222 g/mol. The van der Waals surface area contributed by atoms with Crippen LogP contribution in [0.1, 0.15) is 16.9 Å². The highest BCUT2D eigenvalue weighted by molar-refractivity contribution is 6.02. The lowest BCUT2D eigenvalue weighted by Gasteiger charge is -2.14. The van der Waals surface area contributed by atoms with E-state index in [4.69, 9.17) is 6.42 Å². The van der Waals surface area contributed by atoms with Crippen molar-refractivity contribution in [1.29, 1.82) is 0 Å². The fourth-order valence-corrected chi connectivity index (χ4v) is 1.79. The highest BCUT2D eigenvalue weighted by Crippen LogP contribution is 2.26. The van der Waals surface area contributed by atoms with Crippen molar-refractivity contribution in [2.75, 3.05) is 18.6 Å². The Bertz CT molecular complexity index is 500. The summed E-state index contributed by atoms with van der Waals surface area (Å²) in [6.07, 6.45) is 7.01. The van der Waals surface area contributed by atoms with Gasteiger partial charge >= 0.3 is 5.97 Å². The van der Waals surface area contributed by atoms with Gasteiger partial charge in [-0.1, -0.05) is 0 Å². The van der Waals surface area contributed by atoms with E-state index in [1.54, 1.807) is 0 Å². The molecule has 1 amide bonds. The van der Waals surface area contributed by atoms with E-state index in [0.717, 1.165) is 0 Å². The van der Waals surface area contributed by atoms with E-state index in [-0.39, 0.29) is 17.5 Å². The van der Waals surface area contributed by atoms with Crippen LogP contribution in [-0.2, 0) is 9.53 Å². The summed E-state index contributed by atoms with van der Waals surface area (Å²) in [5.74, 6) is 1.75. The Labute approximate surface area is 97.9 Å². The largest absolute Gasteiger partial charge is 0.464 e. The van der Waals surface area contributed by atoms with E-state index in [1.165, 1.54) is 18.2 Å². The van der Waals surface area contributed by atoms with Crippen molar-refractivity contribution in [3.8, 4) is 12.3 Å². The molecule has 2 rings (SSSR count). The van der Waals surface area contributed by atoms with Crippen molar-refractivity contribution in [1.82, 2.24) is 10.2 Å². The van der Waals surface area contributed by atoms with Crippen LogP contribution in [0.5, 0.6) is 0 Å². The quantitative estimate of drug-likeness (QED) is 0.584. The molecule has 0 aromatic carbocycles. The lowest BCUT2D eigenvalue weighted by atomic mass is 10.1. The monoisotopic (exact) mass is 233 g/mol. The first-order valence-corrected chi connectivity index (χ1v) is 5.05. The molecule has 1 unspecified atom stereocenters. The number of carbonyl (C=O) groups is 2. The average Bonchev–Trinajstić information content (AvgIpc) is 2.93. The molecule has 0 radical (unpaired) electrons. The summed E-state index contributed by atoms with van der Waals surface area (Å²) in [4.78, 5) is 24.6. The van der Waals surface area contributed by atoms with Gasteiger partial charge in [0, 0.05) is 18.9 Å². The van der Waals surface area contributed by atoms with Gasteiger partial charge in [0.05, 0.1) is 19.0 Å². The number of nitrogens with one attached hydrogen (secondary N) is 1. The second kappa shape index (κ2) is 4.29. The highest BCUT2D eigenvalue weighted by atomic mass is 16.5. The lowest BCUT2D eigenvalue weighted by molar-refractivity contribution is -0.117. The predicted molar refractivity (Wildman–Crippen MR) is 59.2 cm³/mol. The van der Waals surface area contributed by atoms with Gasteiger partial charge in [-0.25, -0.2) is 4.79 Å². The zero-order valence-electron chi connectivity index (χ0n) is 9.27. The van der Waals surface area contributed by atoms with Crippen LogP contribution in [0.15, 0.2) is 6.20 Å². The number of hydrogen-bond donors (Lipinski definition) is 1. The molecule has 0 aliphatic carbocycles. The van der Waals surface area contributed by atoms with Crippen molar-refractivity contribution in [2.45, 2.75) is 6.42 Å². The lowest BCUT2D eigenvalue weighted by Crippen LogP contribution is -2.26. The molecule has 88 valence electrons. The van der Waals surface area contributed by atoms with Crippen LogP contribution < -0.4 is 4.90 Å². The minimum Gasteiger partial charge on any atom is -0.464 e. The number of nitrogens with zero attached hydrogens (tertiary/aromatic N) is 2. The SMILES string of the molecule is C#CC1CC(=O)N(c2cn[nH]c2C(=O)OC)C1. The molecule has 1 fully saturated rings. The minimum atomic E-state index is -0.561. The van der Waals surface area contributed by atoms with Gasteiger partial charge in [-0.2, -0.15) is 5.10 Å². The van der Waals surface area contributed by atoms with Gasteiger partial charge in [-0.3, -0.25) is 9.89 Å². The molecule has 1 N–H and O–H groups in total. The molecule has 0 spiro atoms. The molecule has 1 atom stereocenters. The Morgan fingerprint density at radius 1 is 1.76 bits per heavy atom. The summed E-state index contributed by atoms with van der Waals surface area (Å²) in [5.41, 5.74) is 0.582. The Morgan fingerprint density at radius 3 is 3.12 bits per heavy atom. The van der Waals surface area contributed by atoms with Crippen LogP contribution in [0, 0.1) is 18.3 Å². The summed E-state index contributed by atoms with van der Waals surface area (Å²) >= 11 is 0. The van der Waals surface area contributed by atoms with Gasteiger partial charge in [0.1, 0.15) is 0 Å². The van der Waals surface area contributed by atoms with Crippen LogP contribution in [-0.4, -0.2) is 35.7 Å². The van der Waals surface area contributed by atoms with Gasteiger partial charge in [0.25, 0.3) is 0 Å². The second-order valence-corrected chi connectivity index (χ2v) is 3.69. The van der Waals surface area contributed by atoms with Crippen LogP contribution in [0.2, 0.25) is 0 Å². The average molecular weight is 233 g/mol. The maximum absolute atomic E-state index is 11.7. The van der Waals surface area contributed by atoms with Gasteiger partial charge in [-0.15, -0.1) is 12.3 Å². The smallest absolute Gasteiger partial charge is 0.358 e. The number of hydrogen-bond acceptors (Lipinski definition) is 4. The first kappa shape index (κ1) is 11.2. The Kier molecular flexibility index (Phi) is 2.83. The summed E-state index contributed by atoms with van der Waals surface area (Å²) in [6.45, 7) is 0.402. The van der Waals surface area contributed by atoms with Crippen molar-refractivity contribution in [3.05, 3.63) is 11.9 Å². The van der Waals surface area contributed by atoms with Crippen LogP contribution >= 0.6 is 0 Å². The van der Waals surface area contributed by atoms with Crippen molar-refractivity contribution < 1.29 is 14.3 Å². The van der Waals surface area contributed by atoms with Gasteiger partial charge in [0.2, 0.25) is 5.91 Å². The minimum absolute atomic E-state index is 0.112. The molecule has 0 bridgehead atoms. The van der Waals surface area contributed by atoms with Gasteiger partial charge in [-0.05, 0) is 0 Å². The molecule has 1 saturated heterocycles. The van der Waals surface area contributed by atoms with E-state index < -0.39 is 5.97 Å². The van der Waals surface area contributed by atoms with Gasteiger partial charge in [0.15, 0.2) is 5.69 Å². The summed E-state index contributed by atoms with van der Waals surface area (Å²) < 4.78 is 4.59. The molecule has 6 heteroatoms. The zero-order valence-corrected chi connectivity index (χ0v) is 9.27. The standard InChI is InChI=1S/C11H11N3O3/c1-3-7-4-9(15)14(6-7)8-5-12-13-10(8)11(16)17-2/h1,5,7H,4,6H2,2H3,(H,12,13). The molecular formula is C11H11N3O3. The molecule has 17 heavy (non-hydrogen) atoms. The van der Waals surface area contributed by atoms with E-state index in [2.05, 4.69) is 20.9 Å². The molecule has 1 aromatic heterocycles. The first-order chi connectivity index (χ1) is 8.17. The summed E-state index contributed by atoms with van der Waals surface area (Å²) in [6, 6.07) is 0. The Morgan fingerprint density at radius 2 is 2.53 bits per heavy atom. The second-order valence-electron chi connectivity index (χ2n) is 3.69. The number of amides is 1. The number of rotatable bonds is 2. The first-order valence-electron chi connectivity index (χ1n) is 5.05. The number of ether oxygens (including phenoxy) is 1. The van der Waals surface area contributed by atoms with E-state index >= 15 is 0 Å². The number of terminal acetylenes is 1. The van der Waals surface area contributed by atoms with Crippen molar-refractivity contribution in [3.63, 3.8) is 0 Å². The molecule has 6 nitrogen and oxygen atoms in total. The third kappa shape index (κ3) is 1.87. The molecule has 1 aromatic rings. The fourth-order valence-electron chi connectivity index (χ4n) is 1.79. The van der Waals surface area contributed by atoms with Gasteiger partial charge < -0.3 is 9.64 Å². The zero-order chi connectivity index (χ0) is 12.4. The van der Waals surface area contributed by atoms with E-state index in [9.17, 15) is 9.59 Å². The normalized spacial score (nSPS) is 19.2. The number of aromatic amines is 1. The molecule has 1 aliphatic rings.